The van der Waals surface area contributed by atoms with Crippen LogP contribution < -0.4 is 19.5 Å². The molecule has 1 aliphatic heterocycles. The first kappa shape index (κ1) is 18.5. The fourth-order valence-electron chi connectivity index (χ4n) is 2.31. The molecule has 0 aromatic heterocycles. The summed E-state index contributed by atoms with van der Waals surface area (Å²) in [5.74, 6) is 0.624. The predicted octanol–water partition coefficient (Wildman–Crippen LogP) is 2.34. The van der Waals surface area contributed by atoms with Crippen molar-refractivity contribution in [1.82, 2.24) is 4.72 Å². The van der Waals surface area contributed by atoms with E-state index in [1.165, 1.54) is 12.1 Å². The molecule has 0 unspecified atom stereocenters. The van der Waals surface area contributed by atoms with Gasteiger partial charge < -0.3 is 14.8 Å². The summed E-state index contributed by atoms with van der Waals surface area (Å²) >= 11 is 5.95. The van der Waals surface area contributed by atoms with Crippen molar-refractivity contribution in [2.45, 2.75) is 11.8 Å². The molecule has 2 N–H and O–H groups in total. The van der Waals surface area contributed by atoms with Gasteiger partial charge in [-0.3, -0.25) is 4.79 Å². The first-order valence-corrected chi connectivity index (χ1v) is 9.66. The van der Waals surface area contributed by atoms with Gasteiger partial charge in [-0.25, -0.2) is 13.1 Å². The largest absolute Gasteiger partial charge is 0.486 e. The smallest absolute Gasteiger partial charge is 0.241 e. The SMILES string of the molecule is Cc1ccc(S(=O)(=O)NCC(=O)Nc2ccc3c(c2)OCCO3)cc1Cl. The molecule has 7 nitrogen and oxygen atoms in total. The van der Waals surface area contributed by atoms with Gasteiger partial charge in [0.15, 0.2) is 11.5 Å². The molecular weight excluding hydrogens is 380 g/mol. The van der Waals surface area contributed by atoms with Crippen LogP contribution in [0.1, 0.15) is 5.56 Å². The number of hydrogen-bond acceptors (Lipinski definition) is 5. The molecular formula is C17H17ClN2O5S. The van der Waals surface area contributed by atoms with Gasteiger partial charge in [-0.05, 0) is 36.8 Å². The summed E-state index contributed by atoms with van der Waals surface area (Å²) in [4.78, 5) is 12.0. The van der Waals surface area contributed by atoms with Gasteiger partial charge in [0.2, 0.25) is 15.9 Å². The molecule has 0 bridgehead atoms. The number of hydrogen-bond donors (Lipinski definition) is 2. The van der Waals surface area contributed by atoms with Crippen LogP contribution in [0, 0.1) is 6.92 Å². The number of sulfonamides is 1. The molecule has 2 aromatic rings. The number of aryl methyl sites for hydroxylation is 1. The summed E-state index contributed by atoms with van der Waals surface area (Å²) in [6, 6.07) is 9.34. The molecule has 1 amide bonds. The van der Waals surface area contributed by atoms with E-state index in [0.717, 1.165) is 5.56 Å². The Hall–Kier alpha value is -2.29. The van der Waals surface area contributed by atoms with Crippen molar-refractivity contribution >= 4 is 33.2 Å². The maximum absolute atomic E-state index is 12.3. The number of benzene rings is 2. The Balaban J connectivity index is 1.62. The second-order valence-electron chi connectivity index (χ2n) is 5.64. The highest BCUT2D eigenvalue weighted by Crippen LogP contribution is 2.32. The standard InChI is InChI=1S/C17H17ClN2O5S/c1-11-2-4-13(9-14(11)18)26(22,23)19-10-17(21)20-12-3-5-15-16(8-12)25-7-6-24-15/h2-5,8-9,19H,6-7,10H2,1H3,(H,20,21). The molecule has 138 valence electrons. The monoisotopic (exact) mass is 396 g/mol. The van der Waals surface area contributed by atoms with Gasteiger partial charge in [0.05, 0.1) is 11.4 Å². The molecule has 0 atom stereocenters. The summed E-state index contributed by atoms with van der Waals surface area (Å²) in [6.07, 6.45) is 0. The molecule has 0 saturated carbocycles. The number of carbonyl (C=O) groups excluding carboxylic acids is 1. The van der Waals surface area contributed by atoms with Crippen LogP contribution in [-0.2, 0) is 14.8 Å². The van der Waals surface area contributed by atoms with Crippen molar-refractivity contribution in [2.24, 2.45) is 0 Å². The lowest BCUT2D eigenvalue weighted by atomic mass is 10.2. The van der Waals surface area contributed by atoms with Gasteiger partial charge in [-0.2, -0.15) is 0 Å². The normalized spacial score (nSPS) is 13.3. The summed E-state index contributed by atoms with van der Waals surface area (Å²) in [7, 11) is -3.84. The molecule has 2 aromatic carbocycles. The van der Waals surface area contributed by atoms with Gasteiger partial charge in [-0.1, -0.05) is 17.7 Å². The van der Waals surface area contributed by atoms with Crippen LogP contribution in [-0.4, -0.2) is 34.1 Å². The summed E-state index contributed by atoms with van der Waals surface area (Å²) in [6.45, 7) is 2.27. The van der Waals surface area contributed by atoms with Crippen molar-refractivity contribution in [3.8, 4) is 11.5 Å². The lowest BCUT2D eigenvalue weighted by molar-refractivity contribution is -0.115. The van der Waals surface area contributed by atoms with Crippen molar-refractivity contribution in [1.29, 1.82) is 0 Å². The maximum Gasteiger partial charge on any atom is 0.241 e. The van der Waals surface area contributed by atoms with Crippen LogP contribution in [0.25, 0.3) is 0 Å². The fourth-order valence-corrected chi connectivity index (χ4v) is 3.56. The Morgan fingerprint density at radius 2 is 1.85 bits per heavy atom. The highest BCUT2D eigenvalue weighted by molar-refractivity contribution is 7.89. The van der Waals surface area contributed by atoms with Gasteiger partial charge in [0, 0.05) is 16.8 Å². The molecule has 0 saturated heterocycles. The van der Waals surface area contributed by atoms with Crippen LogP contribution >= 0.6 is 11.6 Å². The zero-order valence-corrected chi connectivity index (χ0v) is 15.5. The average molecular weight is 397 g/mol. The zero-order chi connectivity index (χ0) is 18.7. The minimum Gasteiger partial charge on any atom is -0.486 e. The second kappa shape index (κ2) is 7.53. The first-order chi connectivity index (χ1) is 12.3. The topological polar surface area (TPSA) is 93.7 Å². The first-order valence-electron chi connectivity index (χ1n) is 7.80. The van der Waals surface area contributed by atoms with Crippen LogP contribution in [0.5, 0.6) is 11.5 Å². The molecule has 26 heavy (non-hydrogen) atoms. The molecule has 0 fully saturated rings. The van der Waals surface area contributed by atoms with Crippen molar-refractivity contribution in [3.63, 3.8) is 0 Å². The van der Waals surface area contributed by atoms with E-state index in [0.29, 0.717) is 35.4 Å². The average Bonchev–Trinajstić information content (AvgIpc) is 2.62. The Bertz CT molecular complexity index is 946. The lowest BCUT2D eigenvalue weighted by Gasteiger charge is -2.19. The molecule has 1 heterocycles. The van der Waals surface area contributed by atoms with Gasteiger partial charge in [0.1, 0.15) is 13.2 Å². The van der Waals surface area contributed by atoms with E-state index in [1.807, 2.05) is 0 Å². The maximum atomic E-state index is 12.3. The number of nitrogens with one attached hydrogen (secondary N) is 2. The predicted molar refractivity (Wildman–Crippen MR) is 97.4 cm³/mol. The Morgan fingerprint density at radius 1 is 1.12 bits per heavy atom. The van der Waals surface area contributed by atoms with E-state index < -0.39 is 22.5 Å². The number of ether oxygens (including phenoxy) is 2. The molecule has 3 rings (SSSR count). The third kappa shape index (κ3) is 4.27. The Kier molecular flexibility index (Phi) is 5.36. The molecule has 9 heteroatoms. The number of amides is 1. The molecule has 1 aliphatic rings. The van der Waals surface area contributed by atoms with Crippen molar-refractivity contribution in [2.75, 3.05) is 25.1 Å². The van der Waals surface area contributed by atoms with Crippen molar-refractivity contribution in [3.05, 3.63) is 47.0 Å². The van der Waals surface area contributed by atoms with E-state index in [2.05, 4.69) is 10.0 Å². The van der Waals surface area contributed by atoms with Gasteiger partial charge >= 0.3 is 0 Å². The Labute approximate surface area is 156 Å². The number of halogens is 1. The third-order valence-corrected chi connectivity index (χ3v) is 5.51. The molecule has 0 radical (unpaired) electrons. The van der Waals surface area contributed by atoms with Crippen LogP contribution in [0.4, 0.5) is 5.69 Å². The second-order valence-corrected chi connectivity index (χ2v) is 7.82. The highest BCUT2D eigenvalue weighted by Gasteiger charge is 2.17. The highest BCUT2D eigenvalue weighted by atomic mass is 35.5. The minimum atomic E-state index is -3.84. The van der Waals surface area contributed by atoms with E-state index in [-0.39, 0.29) is 4.90 Å². The van der Waals surface area contributed by atoms with E-state index >= 15 is 0 Å². The summed E-state index contributed by atoms with van der Waals surface area (Å²) in [5.41, 5.74) is 1.25. The zero-order valence-electron chi connectivity index (χ0n) is 13.9. The van der Waals surface area contributed by atoms with E-state index in [4.69, 9.17) is 21.1 Å². The number of rotatable bonds is 5. The van der Waals surface area contributed by atoms with Crippen LogP contribution in [0.15, 0.2) is 41.3 Å². The quantitative estimate of drug-likeness (QED) is 0.809. The van der Waals surface area contributed by atoms with Crippen LogP contribution in [0.2, 0.25) is 5.02 Å². The van der Waals surface area contributed by atoms with Gasteiger partial charge in [0.25, 0.3) is 0 Å². The molecule has 0 aliphatic carbocycles. The van der Waals surface area contributed by atoms with Crippen LogP contribution in [0.3, 0.4) is 0 Å². The van der Waals surface area contributed by atoms with E-state index in [1.54, 1.807) is 31.2 Å². The number of fused-ring (bicyclic) bond motifs is 1. The number of carbonyl (C=O) groups is 1. The van der Waals surface area contributed by atoms with E-state index in [9.17, 15) is 13.2 Å². The summed E-state index contributed by atoms with van der Waals surface area (Å²) < 4.78 is 37.6. The Morgan fingerprint density at radius 3 is 2.58 bits per heavy atom. The third-order valence-electron chi connectivity index (χ3n) is 3.70. The number of anilines is 1. The molecule has 0 spiro atoms. The van der Waals surface area contributed by atoms with Crippen molar-refractivity contribution < 1.29 is 22.7 Å². The lowest BCUT2D eigenvalue weighted by Crippen LogP contribution is -2.33. The fraction of sp³-hybridized carbons (Fsp3) is 0.235. The summed E-state index contributed by atoms with van der Waals surface area (Å²) in [5, 5.41) is 2.95. The minimum absolute atomic E-state index is 0.000213. The van der Waals surface area contributed by atoms with Gasteiger partial charge in [-0.15, -0.1) is 0 Å².